The summed E-state index contributed by atoms with van der Waals surface area (Å²) < 4.78 is 5.25. The van der Waals surface area contributed by atoms with Crippen LogP contribution in [0.2, 0.25) is 5.02 Å². The maximum Gasteiger partial charge on any atom is 0.372 e. The van der Waals surface area contributed by atoms with E-state index < -0.39 is 5.97 Å². The molecule has 0 amide bonds. The molecule has 4 nitrogen and oxygen atoms in total. The number of nitrogens with zero attached hydrogens (tertiary/aromatic N) is 1. The molecule has 0 aliphatic rings. The Bertz CT molecular complexity index is 593. The third-order valence-electron chi connectivity index (χ3n) is 2.33. The van der Waals surface area contributed by atoms with E-state index in [9.17, 15) is 4.79 Å². The Morgan fingerprint density at radius 1 is 1.30 bits per heavy atom. The number of halogens is 1. The molecule has 0 aliphatic carbocycles. The highest BCUT2D eigenvalue weighted by Gasteiger charge is 2.05. The van der Waals surface area contributed by atoms with Crippen molar-refractivity contribution in [2.45, 2.75) is 6.92 Å². The van der Waals surface area contributed by atoms with Crippen LogP contribution in [0, 0.1) is 0 Å². The van der Waals surface area contributed by atoms with Crippen molar-refractivity contribution in [2.24, 2.45) is 5.16 Å². The zero-order chi connectivity index (χ0) is 14.4. The van der Waals surface area contributed by atoms with Crippen molar-refractivity contribution < 1.29 is 14.4 Å². The summed E-state index contributed by atoms with van der Waals surface area (Å²) in [7, 11) is 0. The summed E-state index contributed by atoms with van der Waals surface area (Å²) in [5.41, 5.74) is 0.653. The highest BCUT2D eigenvalue weighted by atomic mass is 35.5. The normalized spacial score (nSPS) is 11.2. The quantitative estimate of drug-likeness (QED) is 0.480. The SMILES string of the molecule is CC(=NOC(=O)COc1ccc(Cl)cc1)c1cccs1. The molecule has 0 saturated carbocycles. The number of thiophene rings is 1. The molecule has 1 aromatic heterocycles. The number of rotatable bonds is 5. The lowest BCUT2D eigenvalue weighted by Crippen LogP contribution is -2.13. The number of benzene rings is 1. The van der Waals surface area contributed by atoms with E-state index in [0.717, 1.165) is 4.88 Å². The molecular weight excluding hydrogens is 298 g/mol. The molecule has 0 bridgehead atoms. The molecule has 2 aromatic rings. The zero-order valence-corrected chi connectivity index (χ0v) is 12.3. The highest BCUT2D eigenvalue weighted by molar-refractivity contribution is 7.12. The van der Waals surface area contributed by atoms with Crippen LogP contribution in [-0.4, -0.2) is 18.3 Å². The summed E-state index contributed by atoms with van der Waals surface area (Å²) in [5.74, 6) is -0.0128. The van der Waals surface area contributed by atoms with Gasteiger partial charge in [0.15, 0.2) is 6.61 Å². The third kappa shape index (κ3) is 4.36. The molecule has 1 aromatic carbocycles. The molecule has 6 heteroatoms. The van der Waals surface area contributed by atoms with Crippen molar-refractivity contribution in [3.8, 4) is 5.75 Å². The van der Waals surface area contributed by atoms with Crippen molar-refractivity contribution in [1.29, 1.82) is 0 Å². The number of oxime groups is 1. The smallest absolute Gasteiger partial charge is 0.372 e. The fourth-order valence-corrected chi connectivity index (χ4v) is 2.14. The number of carbonyl (C=O) groups excluding carboxylic acids is 1. The highest BCUT2D eigenvalue weighted by Crippen LogP contribution is 2.15. The lowest BCUT2D eigenvalue weighted by atomic mass is 10.3. The van der Waals surface area contributed by atoms with Crippen LogP contribution in [0.4, 0.5) is 0 Å². The summed E-state index contributed by atoms with van der Waals surface area (Å²) in [6.45, 7) is 1.57. The minimum Gasteiger partial charge on any atom is -0.482 e. The van der Waals surface area contributed by atoms with E-state index in [0.29, 0.717) is 16.5 Å². The molecule has 0 atom stereocenters. The van der Waals surface area contributed by atoms with Crippen LogP contribution >= 0.6 is 22.9 Å². The molecule has 1 heterocycles. The number of hydrogen-bond donors (Lipinski definition) is 0. The van der Waals surface area contributed by atoms with Gasteiger partial charge in [-0.25, -0.2) is 4.79 Å². The molecule has 0 N–H and O–H groups in total. The summed E-state index contributed by atoms with van der Waals surface area (Å²) in [6.07, 6.45) is 0. The monoisotopic (exact) mass is 309 g/mol. The van der Waals surface area contributed by atoms with Crippen molar-refractivity contribution in [3.63, 3.8) is 0 Å². The van der Waals surface area contributed by atoms with Crippen LogP contribution < -0.4 is 4.74 Å². The second-order valence-electron chi connectivity index (χ2n) is 3.86. The van der Waals surface area contributed by atoms with Gasteiger partial charge in [0.2, 0.25) is 0 Å². The predicted molar refractivity (Wildman–Crippen MR) is 79.6 cm³/mol. The van der Waals surface area contributed by atoms with Crippen LogP contribution in [0.25, 0.3) is 0 Å². The molecule has 2 rings (SSSR count). The lowest BCUT2D eigenvalue weighted by molar-refractivity contribution is -0.146. The average Bonchev–Trinajstić information content (AvgIpc) is 2.98. The standard InChI is InChI=1S/C14H12ClNO3S/c1-10(13-3-2-8-20-13)16-19-14(17)9-18-12-6-4-11(15)5-7-12/h2-8H,9H2,1H3. The molecule has 0 fully saturated rings. The second-order valence-corrected chi connectivity index (χ2v) is 5.24. The average molecular weight is 310 g/mol. The van der Waals surface area contributed by atoms with Crippen LogP contribution in [-0.2, 0) is 9.63 Å². The molecule has 0 radical (unpaired) electrons. The number of ether oxygens (including phenoxy) is 1. The van der Waals surface area contributed by atoms with E-state index in [1.807, 2.05) is 17.5 Å². The maximum atomic E-state index is 11.5. The fraction of sp³-hybridized carbons (Fsp3) is 0.143. The number of hydrogen-bond acceptors (Lipinski definition) is 5. The van der Waals surface area contributed by atoms with E-state index in [4.69, 9.17) is 21.2 Å². The van der Waals surface area contributed by atoms with Gasteiger partial charge >= 0.3 is 5.97 Å². The predicted octanol–water partition coefficient (Wildman–Crippen LogP) is 3.75. The van der Waals surface area contributed by atoms with E-state index in [-0.39, 0.29) is 6.61 Å². The molecule has 0 spiro atoms. The largest absolute Gasteiger partial charge is 0.482 e. The Balaban J connectivity index is 1.81. The Morgan fingerprint density at radius 3 is 2.70 bits per heavy atom. The minimum atomic E-state index is -0.559. The molecular formula is C14H12ClNO3S. The van der Waals surface area contributed by atoms with Gasteiger partial charge in [0.05, 0.1) is 10.6 Å². The van der Waals surface area contributed by atoms with Gasteiger partial charge in [0.1, 0.15) is 5.75 Å². The Morgan fingerprint density at radius 2 is 2.05 bits per heavy atom. The molecule has 104 valence electrons. The summed E-state index contributed by atoms with van der Waals surface area (Å²) in [4.78, 5) is 17.2. The Hall–Kier alpha value is -1.85. The van der Waals surface area contributed by atoms with Crippen LogP contribution in [0.5, 0.6) is 5.75 Å². The van der Waals surface area contributed by atoms with Gasteiger partial charge in [-0.05, 0) is 42.6 Å². The van der Waals surface area contributed by atoms with Gasteiger partial charge in [0, 0.05) is 5.02 Å². The topological polar surface area (TPSA) is 47.9 Å². The van der Waals surface area contributed by atoms with Crippen molar-refractivity contribution in [3.05, 3.63) is 51.7 Å². The first-order chi connectivity index (χ1) is 9.65. The first kappa shape index (κ1) is 14.6. The summed E-state index contributed by atoms with van der Waals surface area (Å²) in [6, 6.07) is 10.5. The Labute approximate surface area is 125 Å². The third-order valence-corrected chi connectivity index (χ3v) is 3.56. The molecule has 0 saturated heterocycles. The van der Waals surface area contributed by atoms with Gasteiger partial charge in [-0.1, -0.05) is 22.8 Å². The summed E-state index contributed by atoms with van der Waals surface area (Å²) in [5, 5.41) is 6.31. The molecule has 20 heavy (non-hydrogen) atoms. The van der Waals surface area contributed by atoms with E-state index >= 15 is 0 Å². The van der Waals surface area contributed by atoms with Crippen molar-refractivity contribution >= 4 is 34.6 Å². The molecule has 0 aliphatic heterocycles. The van der Waals surface area contributed by atoms with Crippen molar-refractivity contribution in [1.82, 2.24) is 0 Å². The van der Waals surface area contributed by atoms with Gasteiger partial charge < -0.3 is 9.57 Å². The minimum absolute atomic E-state index is 0.206. The lowest BCUT2D eigenvalue weighted by Gasteiger charge is -2.04. The zero-order valence-electron chi connectivity index (χ0n) is 10.7. The van der Waals surface area contributed by atoms with Crippen LogP contribution in [0.15, 0.2) is 46.9 Å². The van der Waals surface area contributed by atoms with Gasteiger partial charge in [-0.15, -0.1) is 11.3 Å². The van der Waals surface area contributed by atoms with E-state index in [1.54, 1.807) is 31.2 Å². The van der Waals surface area contributed by atoms with Gasteiger partial charge in [0.25, 0.3) is 0 Å². The van der Waals surface area contributed by atoms with E-state index in [2.05, 4.69) is 5.16 Å². The first-order valence-corrected chi connectivity index (χ1v) is 7.07. The van der Waals surface area contributed by atoms with Crippen LogP contribution in [0.3, 0.4) is 0 Å². The summed E-state index contributed by atoms with van der Waals surface area (Å²) >= 11 is 7.27. The van der Waals surface area contributed by atoms with Gasteiger partial charge in [-0.2, -0.15) is 0 Å². The number of carbonyl (C=O) groups is 1. The fourth-order valence-electron chi connectivity index (χ4n) is 1.35. The van der Waals surface area contributed by atoms with Gasteiger partial charge in [-0.3, -0.25) is 0 Å². The van der Waals surface area contributed by atoms with E-state index in [1.165, 1.54) is 11.3 Å². The first-order valence-electron chi connectivity index (χ1n) is 5.82. The second kappa shape index (κ2) is 7.07. The Kier molecular flexibility index (Phi) is 5.15. The van der Waals surface area contributed by atoms with Crippen molar-refractivity contribution in [2.75, 3.05) is 6.61 Å². The molecule has 0 unspecified atom stereocenters. The van der Waals surface area contributed by atoms with Crippen LogP contribution in [0.1, 0.15) is 11.8 Å². The maximum absolute atomic E-state index is 11.5.